The van der Waals surface area contributed by atoms with Crippen molar-refractivity contribution in [2.75, 3.05) is 38.3 Å². The van der Waals surface area contributed by atoms with Crippen LogP contribution in [0.3, 0.4) is 0 Å². The van der Waals surface area contributed by atoms with Gasteiger partial charge in [-0.2, -0.15) is 0 Å². The molecule has 6 heteroatoms. The number of hydrogen-bond donors (Lipinski definition) is 0. The Morgan fingerprint density at radius 1 is 1.22 bits per heavy atom. The SMILES string of the molecule is Cc1cc(N(C)C2CCN(C(=O)C3CCOCC3)CC2)ncn1. The number of anilines is 1. The number of amides is 1. The van der Waals surface area contributed by atoms with Crippen molar-refractivity contribution in [2.24, 2.45) is 5.92 Å². The molecule has 0 aromatic carbocycles. The number of aryl methyl sites for hydroxylation is 1. The third kappa shape index (κ3) is 3.80. The molecule has 0 bridgehead atoms. The number of likely N-dealkylation sites (tertiary alicyclic amines) is 1. The first-order chi connectivity index (χ1) is 11.1. The summed E-state index contributed by atoms with van der Waals surface area (Å²) in [5, 5.41) is 0. The van der Waals surface area contributed by atoms with Gasteiger partial charge in [-0.3, -0.25) is 4.79 Å². The largest absolute Gasteiger partial charge is 0.381 e. The van der Waals surface area contributed by atoms with E-state index in [-0.39, 0.29) is 5.92 Å². The highest BCUT2D eigenvalue weighted by molar-refractivity contribution is 5.79. The third-order valence-corrected chi connectivity index (χ3v) is 5.05. The summed E-state index contributed by atoms with van der Waals surface area (Å²) in [6, 6.07) is 2.45. The van der Waals surface area contributed by atoms with Crippen LogP contribution in [-0.2, 0) is 9.53 Å². The quantitative estimate of drug-likeness (QED) is 0.848. The predicted octanol–water partition coefficient (Wildman–Crippen LogP) is 1.64. The van der Waals surface area contributed by atoms with E-state index in [1.54, 1.807) is 6.33 Å². The van der Waals surface area contributed by atoms with Gasteiger partial charge in [-0.05, 0) is 32.6 Å². The Morgan fingerprint density at radius 3 is 2.57 bits per heavy atom. The maximum atomic E-state index is 12.6. The zero-order valence-electron chi connectivity index (χ0n) is 14.1. The molecule has 1 aromatic heterocycles. The fraction of sp³-hybridized carbons (Fsp3) is 0.706. The molecular weight excluding hydrogens is 292 g/mol. The van der Waals surface area contributed by atoms with Crippen molar-refractivity contribution in [3.63, 3.8) is 0 Å². The highest BCUT2D eigenvalue weighted by Crippen LogP contribution is 2.24. The van der Waals surface area contributed by atoms with E-state index in [4.69, 9.17) is 4.74 Å². The number of carbonyl (C=O) groups is 1. The molecule has 0 spiro atoms. The summed E-state index contributed by atoms with van der Waals surface area (Å²) in [6.07, 6.45) is 5.35. The van der Waals surface area contributed by atoms with Crippen LogP contribution < -0.4 is 4.90 Å². The highest BCUT2D eigenvalue weighted by atomic mass is 16.5. The van der Waals surface area contributed by atoms with Gasteiger partial charge in [0.05, 0.1) is 0 Å². The van der Waals surface area contributed by atoms with Gasteiger partial charge in [0.1, 0.15) is 12.1 Å². The summed E-state index contributed by atoms with van der Waals surface area (Å²) < 4.78 is 5.35. The zero-order chi connectivity index (χ0) is 16.2. The molecule has 6 nitrogen and oxygen atoms in total. The second-order valence-electron chi connectivity index (χ2n) is 6.57. The lowest BCUT2D eigenvalue weighted by Crippen LogP contribution is -2.48. The molecule has 0 radical (unpaired) electrons. The minimum absolute atomic E-state index is 0.169. The van der Waals surface area contributed by atoms with Crippen molar-refractivity contribution in [3.05, 3.63) is 18.1 Å². The summed E-state index contributed by atoms with van der Waals surface area (Å²) in [4.78, 5) is 25.4. The Balaban J connectivity index is 1.54. The van der Waals surface area contributed by atoms with Crippen LogP contribution in [0.2, 0.25) is 0 Å². The second-order valence-corrected chi connectivity index (χ2v) is 6.57. The number of hydrogen-bond acceptors (Lipinski definition) is 5. The van der Waals surface area contributed by atoms with Gasteiger partial charge < -0.3 is 14.5 Å². The summed E-state index contributed by atoms with van der Waals surface area (Å²) in [7, 11) is 2.09. The molecule has 3 heterocycles. The normalized spacial score (nSPS) is 20.5. The number of ether oxygens (including phenoxy) is 1. The lowest BCUT2D eigenvalue weighted by Gasteiger charge is -2.39. The van der Waals surface area contributed by atoms with Crippen molar-refractivity contribution in [3.8, 4) is 0 Å². The molecule has 0 N–H and O–H groups in total. The van der Waals surface area contributed by atoms with Gasteiger partial charge in [-0.15, -0.1) is 0 Å². The molecule has 126 valence electrons. The molecule has 3 rings (SSSR count). The van der Waals surface area contributed by atoms with Gasteiger partial charge in [0.15, 0.2) is 0 Å². The topological polar surface area (TPSA) is 58.6 Å². The Morgan fingerprint density at radius 2 is 1.91 bits per heavy atom. The number of carbonyl (C=O) groups excluding carboxylic acids is 1. The van der Waals surface area contributed by atoms with E-state index in [0.29, 0.717) is 11.9 Å². The summed E-state index contributed by atoms with van der Waals surface area (Å²) in [5.41, 5.74) is 0.981. The van der Waals surface area contributed by atoms with E-state index >= 15 is 0 Å². The van der Waals surface area contributed by atoms with Gasteiger partial charge in [-0.25, -0.2) is 9.97 Å². The first-order valence-electron chi connectivity index (χ1n) is 8.53. The molecule has 2 aliphatic heterocycles. The van der Waals surface area contributed by atoms with Crippen molar-refractivity contribution in [1.82, 2.24) is 14.9 Å². The van der Waals surface area contributed by atoms with Crippen LogP contribution in [0.4, 0.5) is 5.82 Å². The predicted molar refractivity (Wildman–Crippen MR) is 88.3 cm³/mol. The van der Waals surface area contributed by atoms with Crippen LogP contribution in [0, 0.1) is 12.8 Å². The lowest BCUT2D eigenvalue weighted by atomic mass is 9.96. The molecule has 0 atom stereocenters. The van der Waals surface area contributed by atoms with Gasteiger partial charge in [0, 0.05) is 57.1 Å². The molecule has 2 saturated heterocycles. The number of nitrogens with zero attached hydrogens (tertiary/aromatic N) is 4. The molecule has 2 fully saturated rings. The van der Waals surface area contributed by atoms with E-state index in [1.165, 1.54) is 0 Å². The number of rotatable bonds is 3. The van der Waals surface area contributed by atoms with E-state index < -0.39 is 0 Å². The maximum absolute atomic E-state index is 12.6. The highest BCUT2D eigenvalue weighted by Gasteiger charge is 2.30. The Labute approximate surface area is 137 Å². The van der Waals surface area contributed by atoms with Crippen molar-refractivity contribution in [1.29, 1.82) is 0 Å². The average Bonchev–Trinajstić information content (AvgIpc) is 2.61. The number of aromatic nitrogens is 2. The monoisotopic (exact) mass is 318 g/mol. The van der Waals surface area contributed by atoms with Crippen LogP contribution in [0.25, 0.3) is 0 Å². The fourth-order valence-corrected chi connectivity index (χ4v) is 3.50. The molecule has 0 aliphatic carbocycles. The summed E-state index contributed by atoms with van der Waals surface area (Å²) in [5.74, 6) is 1.46. The van der Waals surface area contributed by atoms with E-state index in [0.717, 1.165) is 63.5 Å². The van der Waals surface area contributed by atoms with Crippen LogP contribution >= 0.6 is 0 Å². The Bertz CT molecular complexity index is 537. The van der Waals surface area contributed by atoms with Crippen LogP contribution in [0.5, 0.6) is 0 Å². The zero-order valence-corrected chi connectivity index (χ0v) is 14.1. The fourth-order valence-electron chi connectivity index (χ4n) is 3.50. The summed E-state index contributed by atoms with van der Waals surface area (Å²) in [6.45, 7) is 5.12. The van der Waals surface area contributed by atoms with Crippen molar-refractivity contribution in [2.45, 2.75) is 38.6 Å². The van der Waals surface area contributed by atoms with Gasteiger partial charge in [0.25, 0.3) is 0 Å². The van der Waals surface area contributed by atoms with Crippen LogP contribution in [0.1, 0.15) is 31.4 Å². The first kappa shape index (κ1) is 16.2. The minimum Gasteiger partial charge on any atom is -0.381 e. The average molecular weight is 318 g/mol. The second kappa shape index (κ2) is 7.25. The Kier molecular flexibility index (Phi) is 5.10. The van der Waals surface area contributed by atoms with Gasteiger partial charge in [-0.1, -0.05) is 0 Å². The van der Waals surface area contributed by atoms with Crippen LogP contribution in [-0.4, -0.2) is 60.2 Å². The minimum atomic E-state index is 0.169. The van der Waals surface area contributed by atoms with E-state index in [9.17, 15) is 4.79 Å². The van der Waals surface area contributed by atoms with E-state index in [1.807, 2.05) is 17.9 Å². The smallest absolute Gasteiger partial charge is 0.225 e. The molecule has 0 saturated carbocycles. The molecule has 0 unspecified atom stereocenters. The number of piperidine rings is 1. The van der Waals surface area contributed by atoms with Gasteiger partial charge in [0.2, 0.25) is 5.91 Å². The van der Waals surface area contributed by atoms with Gasteiger partial charge >= 0.3 is 0 Å². The standard InChI is InChI=1S/C17H26N4O2/c1-13-11-16(19-12-18-13)20(2)15-3-7-21(8-4-15)17(22)14-5-9-23-10-6-14/h11-12,14-15H,3-10H2,1-2H3. The molecule has 1 amide bonds. The molecule has 1 aromatic rings. The Hall–Kier alpha value is -1.69. The molecular formula is C17H26N4O2. The molecule has 23 heavy (non-hydrogen) atoms. The molecule has 2 aliphatic rings. The third-order valence-electron chi connectivity index (χ3n) is 5.05. The van der Waals surface area contributed by atoms with E-state index in [2.05, 4.69) is 21.9 Å². The van der Waals surface area contributed by atoms with Crippen molar-refractivity contribution >= 4 is 11.7 Å². The van der Waals surface area contributed by atoms with Crippen molar-refractivity contribution < 1.29 is 9.53 Å². The van der Waals surface area contributed by atoms with Crippen LogP contribution in [0.15, 0.2) is 12.4 Å². The lowest BCUT2D eigenvalue weighted by molar-refractivity contribution is -0.139. The summed E-state index contributed by atoms with van der Waals surface area (Å²) >= 11 is 0. The maximum Gasteiger partial charge on any atom is 0.225 e. The first-order valence-corrected chi connectivity index (χ1v) is 8.53.